The Morgan fingerprint density at radius 1 is 1.47 bits per heavy atom. The topological polar surface area (TPSA) is 52.6 Å². The van der Waals surface area contributed by atoms with Crippen LogP contribution in [0.4, 0.5) is 15.8 Å². The van der Waals surface area contributed by atoms with Crippen LogP contribution in [0.2, 0.25) is 0 Å². The van der Waals surface area contributed by atoms with E-state index in [2.05, 4.69) is 5.32 Å². The molecule has 0 bridgehead atoms. The largest absolute Gasteiger partial charge is 0.378 e. The molecule has 1 unspecified atom stereocenters. The Labute approximate surface area is 98.0 Å². The molecular weight excluding hydrogens is 223 g/mol. The highest BCUT2D eigenvalue weighted by molar-refractivity contribution is 6.02. The van der Waals surface area contributed by atoms with Crippen molar-refractivity contribution in [3.8, 4) is 0 Å². The average Bonchev–Trinajstić information content (AvgIpc) is 3.09. The number of carbonyl (C=O) groups is 1. The van der Waals surface area contributed by atoms with Gasteiger partial charge in [-0.25, -0.2) is 4.39 Å². The molecule has 1 amide bonds. The fraction of sp³-hybridized carbons (Fsp3) is 0.417. The van der Waals surface area contributed by atoms with Gasteiger partial charge in [0.1, 0.15) is 5.82 Å². The summed E-state index contributed by atoms with van der Waals surface area (Å²) in [6.45, 7) is 0. The van der Waals surface area contributed by atoms with Gasteiger partial charge in [-0.1, -0.05) is 0 Å². The van der Waals surface area contributed by atoms with E-state index < -0.39 is 17.8 Å². The van der Waals surface area contributed by atoms with E-state index >= 15 is 0 Å². The zero-order valence-corrected chi connectivity index (χ0v) is 9.40. The van der Waals surface area contributed by atoms with Crippen LogP contribution in [0, 0.1) is 5.82 Å². The Bertz CT molecular complexity index is 500. The molecule has 1 atom stereocenters. The van der Waals surface area contributed by atoms with Crippen LogP contribution in [0.25, 0.3) is 0 Å². The molecule has 1 aromatic carbocycles. The standard InChI is InChI=1S/C12H13FN2O2/c1-15(6-2-3-6)10-5-9-7(4-8(10)13)11(16)12(17)14-9/h4-6,11,16H,2-3H2,1H3,(H,14,17). The van der Waals surface area contributed by atoms with E-state index in [-0.39, 0.29) is 0 Å². The number of hydrogen-bond donors (Lipinski definition) is 2. The van der Waals surface area contributed by atoms with E-state index in [9.17, 15) is 14.3 Å². The number of nitrogens with zero attached hydrogens (tertiary/aromatic N) is 1. The van der Waals surface area contributed by atoms with Crippen LogP contribution in [-0.2, 0) is 4.79 Å². The fourth-order valence-electron chi connectivity index (χ4n) is 2.18. The number of hydrogen-bond acceptors (Lipinski definition) is 3. The molecule has 0 radical (unpaired) electrons. The molecule has 0 spiro atoms. The predicted molar refractivity (Wildman–Crippen MR) is 61.4 cm³/mol. The molecule has 1 aromatic rings. The SMILES string of the molecule is CN(c1cc2c(cc1F)C(O)C(=O)N2)C1CC1. The van der Waals surface area contributed by atoms with Gasteiger partial charge in [0.25, 0.3) is 5.91 Å². The number of benzene rings is 1. The molecule has 4 nitrogen and oxygen atoms in total. The minimum Gasteiger partial charge on any atom is -0.378 e. The third-order valence-corrected chi connectivity index (χ3v) is 3.39. The number of fused-ring (bicyclic) bond motifs is 1. The maximum absolute atomic E-state index is 13.9. The van der Waals surface area contributed by atoms with E-state index in [0.717, 1.165) is 12.8 Å². The maximum atomic E-state index is 13.9. The lowest BCUT2D eigenvalue weighted by Crippen LogP contribution is -2.20. The third kappa shape index (κ3) is 1.58. The zero-order valence-electron chi connectivity index (χ0n) is 9.40. The Hall–Kier alpha value is -1.62. The zero-order chi connectivity index (χ0) is 12.2. The number of aliphatic hydroxyl groups is 1. The molecule has 0 saturated heterocycles. The summed E-state index contributed by atoms with van der Waals surface area (Å²) >= 11 is 0. The van der Waals surface area contributed by atoms with Gasteiger partial charge in [0.05, 0.1) is 5.69 Å². The second-order valence-corrected chi connectivity index (χ2v) is 4.62. The van der Waals surface area contributed by atoms with E-state index in [1.54, 1.807) is 6.07 Å². The van der Waals surface area contributed by atoms with Gasteiger partial charge in [0.2, 0.25) is 0 Å². The highest BCUT2D eigenvalue weighted by atomic mass is 19.1. The molecule has 90 valence electrons. The van der Waals surface area contributed by atoms with Crippen LogP contribution in [0.1, 0.15) is 24.5 Å². The molecule has 2 N–H and O–H groups in total. The van der Waals surface area contributed by atoms with E-state index in [1.807, 2.05) is 11.9 Å². The quantitative estimate of drug-likeness (QED) is 0.816. The average molecular weight is 236 g/mol. The second kappa shape index (κ2) is 3.43. The smallest absolute Gasteiger partial charge is 0.257 e. The number of amides is 1. The Balaban J connectivity index is 2.03. The van der Waals surface area contributed by atoms with E-state index in [4.69, 9.17) is 0 Å². The first kappa shape index (κ1) is 10.5. The van der Waals surface area contributed by atoms with Gasteiger partial charge in [-0.15, -0.1) is 0 Å². The minimum absolute atomic E-state index is 0.320. The summed E-state index contributed by atoms with van der Waals surface area (Å²) in [6, 6.07) is 3.23. The minimum atomic E-state index is -1.25. The van der Waals surface area contributed by atoms with Crippen LogP contribution in [0.15, 0.2) is 12.1 Å². The van der Waals surface area contributed by atoms with Gasteiger partial charge in [0.15, 0.2) is 6.10 Å². The summed E-state index contributed by atoms with van der Waals surface area (Å²) in [5, 5.41) is 12.1. The lowest BCUT2D eigenvalue weighted by Gasteiger charge is -2.20. The number of carbonyl (C=O) groups excluding carboxylic acids is 1. The van der Waals surface area contributed by atoms with Crippen molar-refractivity contribution in [3.63, 3.8) is 0 Å². The number of nitrogens with one attached hydrogen (secondary N) is 1. The van der Waals surface area contributed by atoms with Gasteiger partial charge in [-0.2, -0.15) is 0 Å². The molecule has 1 aliphatic carbocycles. The highest BCUT2D eigenvalue weighted by Crippen LogP contribution is 2.38. The van der Waals surface area contributed by atoms with Crippen molar-refractivity contribution in [2.75, 3.05) is 17.3 Å². The van der Waals surface area contributed by atoms with Crippen LogP contribution < -0.4 is 10.2 Å². The first-order chi connectivity index (χ1) is 8.08. The van der Waals surface area contributed by atoms with Crippen LogP contribution in [0.3, 0.4) is 0 Å². The lowest BCUT2D eigenvalue weighted by molar-refractivity contribution is -0.123. The Morgan fingerprint density at radius 2 is 2.18 bits per heavy atom. The molecule has 17 heavy (non-hydrogen) atoms. The van der Waals surface area contributed by atoms with Gasteiger partial charge < -0.3 is 15.3 Å². The summed E-state index contributed by atoms with van der Waals surface area (Å²) < 4.78 is 13.9. The van der Waals surface area contributed by atoms with Gasteiger partial charge >= 0.3 is 0 Å². The van der Waals surface area contributed by atoms with Gasteiger partial charge in [-0.3, -0.25) is 4.79 Å². The summed E-state index contributed by atoms with van der Waals surface area (Å²) in [7, 11) is 1.84. The Morgan fingerprint density at radius 3 is 2.82 bits per heavy atom. The molecule has 5 heteroatoms. The maximum Gasteiger partial charge on any atom is 0.257 e. The first-order valence-corrected chi connectivity index (χ1v) is 5.63. The molecule has 1 aliphatic heterocycles. The fourth-order valence-corrected chi connectivity index (χ4v) is 2.18. The second-order valence-electron chi connectivity index (χ2n) is 4.62. The molecule has 2 aliphatic rings. The van der Waals surface area contributed by atoms with Gasteiger partial charge in [0, 0.05) is 24.3 Å². The van der Waals surface area contributed by atoms with E-state index in [1.165, 1.54) is 6.07 Å². The number of halogens is 1. The predicted octanol–water partition coefficient (Wildman–Crippen LogP) is 1.41. The van der Waals surface area contributed by atoms with Crippen LogP contribution >= 0.6 is 0 Å². The molecule has 0 aromatic heterocycles. The molecular formula is C12H13FN2O2. The molecule has 3 rings (SSSR count). The molecule has 1 fully saturated rings. The van der Waals surface area contributed by atoms with Crippen molar-refractivity contribution in [2.24, 2.45) is 0 Å². The van der Waals surface area contributed by atoms with Crippen molar-refractivity contribution in [3.05, 3.63) is 23.5 Å². The monoisotopic (exact) mass is 236 g/mol. The van der Waals surface area contributed by atoms with Crippen LogP contribution in [-0.4, -0.2) is 24.1 Å². The van der Waals surface area contributed by atoms with Gasteiger partial charge in [-0.05, 0) is 25.0 Å². The van der Waals surface area contributed by atoms with Crippen LogP contribution in [0.5, 0.6) is 0 Å². The highest BCUT2D eigenvalue weighted by Gasteiger charge is 2.33. The van der Waals surface area contributed by atoms with Crippen molar-refractivity contribution in [2.45, 2.75) is 25.0 Å². The van der Waals surface area contributed by atoms with Crippen molar-refractivity contribution >= 4 is 17.3 Å². The summed E-state index contributed by atoms with van der Waals surface area (Å²) in [4.78, 5) is 13.2. The summed E-state index contributed by atoms with van der Waals surface area (Å²) in [6.07, 6.45) is 0.893. The first-order valence-electron chi connectivity index (χ1n) is 5.63. The summed E-state index contributed by atoms with van der Waals surface area (Å²) in [5.74, 6) is -0.890. The molecule has 1 heterocycles. The molecule has 1 saturated carbocycles. The number of anilines is 2. The van der Waals surface area contributed by atoms with Crippen molar-refractivity contribution in [1.29, 1.82) is 0 Å². The number of aliphatic hydroxyl groups excluding tert-OH is 1. The van der Waals surface area contributed by atoms with Crippen molar-refractivity contribution < 1.29 is 14.3 Å². The number of rotatable bonds is 2. The summed E-state index contributed by atoms with van der Waals surface area (Å²) in [5.41, 5.74) is 1.30. The van der Waals surface area contributed by atoms with Crippen molar-refractivity contribution in [1.82, 2.24) is 0 Å². The Kier molecular flexibility index (Phi) is 2.13. The normalized spacial score (nSPS) is 22.3. The van der Waals surface area contributed by atoms with E-state index in [0.29, 0.717) is 23.0 Å². The third-order valence-electron chi connectivity index (χ3n) is 3.39. The lowest BCUT2D eigenvalue weighted by atomic mass is 10.1.